The molecule has 0 spiro atoms. The van der Waals surface area contributed by atoms with E-state index in [4.69, 9.17) is 0 Å². The third-order valence-corrected chi connectivity index (χ3v) is 5.56. The van der Waals surface area contributed by atoms with Crippen molar-refractivity contribution in [3.05, 3.63) is 47.3 Å². The first kappa shape index (κ1) is 16.6. The average Bonchev–Trinajstić information content (AvgIpc) is 2.65. The van der Waals surface area contributed by atoms with E-state index in [1.165, 1.54) is 27.9 Å². The van der Waals surface area contributed by atoms with Gasteiger partial charge in [0, 0.05) is 43.2 Å². The second-order valence-electron chi connectivity index (χ2n) is 6.63. The van der Waals surface area contributed by atoms with Gasteiger partial charge in [-0.05, 0) is 59.7 Å². The highest BCUT2D eigenvalue weighted by atomic mass is 32.2. The van der Waals surface area contributed by atoms with Gasteiger partial charge in [0.15, 0.2) is 0 Å². The van der Waals surface area contributed by atoms with E-state index >= 15 is 0 Å². The molecule has 0 aliphatic carbocycles. The van der Waals surface area contributed by atoms with Gasteiger partial charge < -0.3 is 4.90 Å². The fraction of sp³-hybridized carbons (Fsp3) is 0.400. The van der Waals surface area contributed by atoms with Gasteiger partial charge in [-0.3, -0.25) is 14.5 Å². The second-order valence-corrected chi connectivity index (χ2v) is 7.78. The molecule has 25 heavy (non-hydrogen) atoms. The van der Waals surface area contributed by atoms with Crippen molar-refractivity contribution >= 4 is 23.5 Å². The molecular formula is C20H23N3OS. The van der Waals surface area contributed by atoms with Crippen molar-refractivity contribution in [2.75, 3.05) is 17.2 Å². The lowest BCUT2D eigenvalue weighted by Crippen LogP contribution is -2.39. The zero-order valence-electron chi connectivity index (χ0n) is 14.5. The van der Waals surface area contributed by atoms with E-state index in [-0.39, 0.29) is 5.91 Å². The van der Waals surface area contributed by atoms with Crippen LogP contribution in [0, 0.1) is 0 Å². The fourth-order valence-corrected chi connectivity index (χ4v) is 4.27. The largest absolute Gasteiger partial charge is 0.312 e. The van der Waals surface area contributed by atoms with Crippen molar-refractivity contribution in [3.63, 3.8) is 0 Å². The molecule has 2 aromatic rings. The number of anilines is 1. The molecule has 2 aliphatic heterocycles. The van der Waals surface area contributed by atoms with Crippen molar-refractivity contribution < 1.29 is 4.79 Å². The van der Waals surface area contributed by atoms with E-state index in [0.717, 1.165) is 43.7 Å². The average molecular weight is 353 g/mol. The van der Waals surface area contributed by atoms with Crippen molar-refractivity contribution in [3.8, 4) is 11.1 Å². The summed E-state index contributed by atoms with van der Waals surface area (Å²) < 4.78 is 3.35. The Morgan fingerprint density at radius 3 is 2.80 bits per heavy atom. The van der Waals surface area contributed by atoms with Gasteiger partial charge in [-0.25, -0.2) is 0 Å². The number of pyridine rings is 1. The molecule has 2 aliphatic rings. The Morgan fingerprint density at radius 1 is 1.12 bits per heavy atom. The molecule has 5 heteroatoms. The molecule has 130 valence electrons. The standard InChI is InChI=1S/C20H23N3OS/c1-2-25-22-12-14-8-18(13-21-11-14)17-9-15-4-3-7-23-19(24)6-5-16(10-17)20(15)23/h8-11,13,22H,2-7,12H2,1H3. The minimum atomic E-state index is 0.282. The van der Waals surface area contributed by atoms with Crippen molar-refractivity contribution in [1.29, 1.82) is 0 Å². The van der Waals surface area contributed by atoms with Gasteiger partial charge in [0.1, 0.15) is 0 Å². The second kappa shape index (κ2) is 7.18. The number of nitrogens with one attached hydrogen (secondary N) is 1. The summed E-state index contributed by atoms with van der Waals surface area (Å²) in [5, 5.41) is 0. The van der Waals surface area contributed by atoms with Crippen molar-refractivity contribution in [2.24, 2.45) is 0 Å². The number of hydrogen-bond acceptors (Lipinski definition) is 4. The van der Waals surface area contributed by atoms with Crippen LogP contribution in [0.4, 0.5) is 5.69 Å². The van der Waals surface area contributed by atoms with E-state index in [1.807, 2.05) is 17.3 Å². The van der Waals surface area contributed by atoms with E-state index in [9.17, 15) is 4.79 Å². The maximum Gasteiger partial charge on any atom is 0.227 e. The lowest BCUT2D eigenvalue weighted by molar-refractivity contribution is -0.119. The Labute approximate surface area is 153 Å². The topological polar surface area (TPSA) is 45.2 Å². The number of aryl methyl sites for hydroxylation is 2. The molecule has 1 aromatic carbocycles. The summed E-state index contributed by atoms with van der Waals surface area (Å²) in [6.45, 7) is 3.83. The first-order valence-corrected chi connectivity index (χ1v) is 10.00. The van der Waals surface area contributed by atoms with Crippen molar-refractivity contribution in [1.82, 2.24) is 9.71 Å². The Morgan fingerprint density at radius 2 is 1.96 bits per heavy atom. The lowest BCUT2D eigenvalue weighted by atomic mass is 9.88. The molecule has 1 amide bonds. The van der Waals surface area contributed by atoms with E-state index in [1.54, 1.807) is 11.9 Å². The minimum absolute atomic E-state index is 0.282. The fourth-order valence-electron chi connectivity index (χ4n) is 3.80. The predicted octanol–water partition coefficient (Wildman–Crippen LogP) is 3.73. The highest BCUT2D eigenvalue weighted by molar-refractivity contribution is 7.97. The maximum absolute atomic E-state index is 12.2. The molecule has 3 heterocycles. The number of carbonyl (C=O) groups is 1. The monoisotopic (exact) mass is 353 g/mol. The quantitative estimate of drug-likeness (QED) is 0.657. The Bertz CT molecular complexity index is 788. The van der Waals surface area contributed by atoms with Gasteiger partial charge >= 0.3 is 0 Å². The summed E-state index contributed by atoms with van der Waals surface area (Å²) >= 11 is 1.72. The summed E-state index contributed by atoms with van der Waals surface area (Å²) in [5.41, 5.74) is 7.41. The molecular weight excluding hydrogens is 330 g/mol. The Balaban J connectivity index is 1.68. The van der Waals surface area contributed by atoms with Gasteiger partial charge in [0.2, 0.25) is 5.91 Å². The number of hydrogen-bond donors (Lipinski definition) is 1. The Kier molecular flexibility index (Phi) is 4.77. The Hall–Kier alpha value is -1.85. The molecule has 0 fully saturated rings. The van der Waals surface area contributed by atoms with Crippen LogP contribution in [-0.4, -0.2) is 23.2 Å². The van der Waals surface area contributed by atoms with Crippen LogP contribution >= 0.6 is 11.9 Å². The summed E-state index contributed by atoms with van der Waals surface area (Å²) in [6.07, 6.45) is 7.47. The normalized spacial score (nSPS) is 16.0. The van der Waals surface area contributed by atoms with Gasteiger partial charge in [-0.15, -0.1) is 0 Å². The SMILES string of the molecule is CCSNCc1cncc(-c2cc3c4c(c2)CCC(=O)N4CCC3)c1. The smallest absolute Gasteiger partial charge is 0.227 e. The third kappa shape index (κ3) is 3.31. The molecule has 0 bridgehead atoms. The van der Waals surface area contributed by atoms with Gasteiger partial charge in [-0.1, -0.05) is 18.9 Å². The van der Waals surface area contributed by atoms with E-state index in [2.05, 4.69) is 34.8 Å². The van der Waals surface area contributed by atoms with Crippen LogP contribution in [0.1, 0.15) is 36.5 Å². The van der Waals surface area contributed by atoms with Crippen LogP contribution in [-0.2, 0) is 24.2 Å². The van der Waals surface area contributed by atoms with Crippen LogP contribution in [0.15, 0.2) is 30.6 Å². The zero-order valence-corrected chi connectivity index (χ0v) is 15.4. The van der Waals surface area contributed by atoms with Crippen LogP contribution < -0.4 is 9.62 Å². The minimum Gasteiger partial charge on any atom is -0.312 e. The molecule has 1 N–H and O–H groups in total. The summed E-state index contributed by atoms with van der Waals surface area (Å²) in [6, 6.07) is 6.75. The zero-order chi connectivity index (χ0) is 17.2. The summed E-state index contributed by atoms with van der Waals surface area (Å²) in [7, 11) is 0. The predicted molar refractivity (Wildman–Crippen MR) is 104 cm³/mol. The number of amides is 1. The molecule has 4 rings (SSSR count). The van der Waals surface area contributed by atoms with Crippen LogP contribution in [0.3, 0.4) is 0 Å². The van der Waals surface area contributed by atoms with E-state index < -0.39 is 0 Å². The van der Waals surface area contributed by atoms with Crippen LogP contribution in [0.25, 0.3) is 11.1 Å². The van der Waals surface area contributed by atoms with Gasteiger partial charge in [-0.2, -0.15) is 0 Å². The molecule has 0 atom stereocenters. The molecule has 0 unspecified atom stereocenters. The summed E-state index contributed by atoms with van der Waals surface area (Å²) in [5.74, 6) is 1.33. The van der Waals surface area contributed by atoms with Crippen LogP contribution in [0.2, 0.25) is 0 Å². The number of aromatic nitrogens is 1. The number of carbonyl (C=O) groups excluding carboxylic acids is 1. The van der Waals surface area contributed by atoms with Gasteiger partial charge in [0.25, 0.3) is 0 Å². The first-order chi connectivity index (χ1) is 12.3. The highest BCUT2D eigenvalue weighted by Crippen LogP contribution is 2.38. The molecule has 4 nitrogen and oxygen atoms in total. The summed E-state index contributed by atoms with van der Waals surface area (Å²) in [4.78, 5) is 18.6. The molecule has 0 saturated carbocycles. The third-order valence-electron chi connectivity index (χ3n) is 4.93. The first-order valence-electron chi connectivity index (χ1n) is 9.01. The lowest BCUT2D eigenvalue weighted by Gasteiger charge is -2.35. The number of rotatable bonds is 5. The number of nitrogens with zero attached hydrogens (tertiary/aromatic N) is 2. The van der Waals surface area contributed by atoms with E-state index in [0.29, 0.717) is 6.42 Å². The molecule has 1 aromatic heterocycles. The molecule has 0 saturated heterocycles. The molecule has 0 radical (unpaired) electrons. The van der Waals surface area contributed by atoms with Gasteiger partial charge in [0.05, 0.1) is 5.69 Å². The maximum atomic E-state index is 12.2. The van der Waals surface area contributed by atoms with Crippen molar-refractivity contribution in [2.45, 2.75) is 39.2 Å². The number of benzene rings is 1. The highest BCUT2D eigenvalue weighted by Gasteiger charge is 2.29. The van der Waals surface area contributed by atoms with Crippen LogP contribution in [0.5, 0.6) is 0 Å².